The minimum Gasteiger partial charge on any atom is -0.756 e. The van der Waals surface area contributed by atoms with Gasteiger partial charge >= 0.3 is 0 Å². The van der Waals surface area contributed by atoms with E-state index in [1.165, 1.54) is 25.7 Å². The van der Waals surface area contributed by atoms with E-state index in [0.717, 1.165) is 57.8 Å². The van der Waals surface area contributed by atoms with E-state index in [2.05, 4.69) is 79.9 Å². The van der Waals surface area contributed by atoms with Gasteiger partial charge in [0.25, 0.3) is 7.82 Å². The molecule has 0 saturated carbocycles. The maximum absolute atomic E-state index is 12.7. The summed E-state index contributed by atoms with van der Waals surface area (Å²) < 4.78 is 23.0. The number of carbonyl (C=O) groups excluding carboxylic acids is 1. The fourth-order valence-corrected chi connectivity index (χ4v) is 5.25. The molecule has 0 radical (unpaired) electrons. The van der Waals surface area contributed by atoms with E-state index < -0.39 is 20.0 Å². The number of nitrogens with zero attached hydrogens (tertiary/aromatic N) is 1. The zero-order chi connectivity index (χ0) is 35.8. The number of phosphoric ester groups is 1. The van der Waals surface area contributed by atoms with Gasteiger partial charge < -0.3 is 28.8 Å². The van der Waals surface area contributed by atoms with Crippen LogP contribution in [-0.4, -0.2) is 68.5 Å². The summed E-state index contributed by atoms with van der Waals surface area (Å²) in [5.74, 6) is -0.256. The quantitative estimate of drug-likeness (QED) is 0.0326. The molecule has 48 heavy (non-hydrogen) atoms. The molecule has 0 heterocycles. The molecule has 0 aliphatic heterocycles. The van der Waals surface area contributed by atoms with Crippen LogP contribution in [0.15, 0.2) is 72.9 Å². The normalized spacial score (nSPS) is 15.6. The molecule has 0 bridgehead atoms. The lowest BCUT2D eigenvalue weighted by Gasteiger charge is -2.30. The van der Waals surface area contributed by atoms with Crippen molar-refractivity contribution in [2.75, 3.05) is 40.9 Å². The fraction of sp³-hybridized carbons (Fsp3) is 0.667. The Morgan fingerprint density at radius 2 is 1.23 bits per heavy atom. The lowest BCUT2D eigenvalue weighted by atomic mass is 10.0. The first kappa shape index (κ1) is 45.9. The Morgan fingerprint density at radius 3 is 1.73 bits per heavy atom. The van der Waals surface area contributed by atoms with E-state index in [1.807, 2.05) is 33.3 Å². The van der Waals surface area contributed by atoms with Crippen LogP contribution in [-0.2, 0) is 18.4 Å². The number of carbonyl (C=O) groups is 1. The monoisotopic (exact) mass is 692 g/mol. The average Bonchev–Trinajstić information content (AvgIpc) is 3.02. The van der Waals surface area contributed by atoms with E-state index in [1.54, 1.807) is 0 Å². The Kier molecular flexibility index (Phi) is 29.6. The third-order valence-electron chi connectivity index (χ3n) is 7.47. The second kappa shape index (κ2) is 31.0. The van der Waals surface area contributed by atoms with E-state index in [0.29, 0.717) is 23.9 Å². The number of quaternary nitrogens is 1. The second-order valence-electron chi connectivity index (χ2n) is 13.2. The minimum atomic E-state index is -4.57. The van der Waals surface area contributed by atoms with Crippen LogP contribution >= 0.6 is 7.82 Å². The number of likely N-dealkylation sites (N-methyl/N-ethyl adjacent to an activating group) is 1. The van der Waals surface area contributed by atoms with Gasteiger partial charge in [-0.3, -0.25) is 9.36 Å². The summed E-state index contributed by atoms with van der Waals surface area (Å²) in [6.45, 7) is 4.45. The molecule has 0 spiro atoms. The summed E-state index contributed by atoms with van der Waals surface area (Å²) in [4.78, 5) is 25.0. The van der Waals surface area contributed by atoms with Gasteiger partial charge in [-0.05, 0) is 51.4 Å². The zero-order valence-electron chi connectivity index (χ0n) is 30.9. The van der Waals surface area contributed by atoms with Gasteiger partial charge in [-0.15, -0.1) is 0 Å². The van der Waals surface area contributed by atoms with Gasteiger partial charge in [0.1, 0.15) is 13.2 Å². The molecule has 2 N–H and O–H groups in total. The SMILES string of the molecule is CC/C=C\C/C=C\C/C=C\C/C=C\C/C=C\C/C=C\CCC(=O)NC(COP(=O)([O-])OCC[N+](C)(C)C)C(O)CCCCCCCCC. The van der Waals surface area contributed by atoms with Crippen molar-refractivity contribution in [3.63, 3.8) is 0 Å². The summed E-state index contributed by atoms with van der Waals surface area (Å²) in [6, 6.07) is -0.841. The number of amides is 1. The highest BCUT2D eigenvalue weighted by atomic mass is 31.2. The number of nitrogens with one attached hydrogen (secondary N) is 1. The summed E-state index contributed by atoms with van der Waals surface area (Å²) in [7, 11) is 1.24. The van der Waals surface area contributed by atoms with Crippen LogP contribution in [0.4, 0.5) is 0 Å². The Balaban J connectivity index is 4.54. The first-order valence-electron chi connectivity index (χ1n) is 18.3. The van der Waals surface area contributed by atoms with Crippen LogP contribution in [0.2, 0.25) is 0 Å². The first-order chi connectivity index (χ1) is 23.0. The van der Waals surface area contributed by atoms with Crippen molar-refractivity contribution in [3.05, 3.63) is 72.9 Å². The highest BCUT2D eigenvalue weighted by Crippen LogP contribution is 2.38. The van der Waals surface area contributed by atoms with Crippen LogP contribution in [0.3, 0.4) is 0 Å². The number of rotatable bonds is 31. The van der Waals surface area contributed by atoms with Gasteiger partial charge in [0.15, 0.2) is 0 Å². The number of aliphatic hydroxyl groups excluding tert-OH is 1. The lowest BCUT2D eigenvalue weighted by molar-refractivity contribution is -0.870. The Hall–Kier alpha value is -2.06. The molecule has 0 saturated heterocycles. The van der Waals surface area contributed by atoms with Crippen molar-refractivity contribution in [2.24, 2.45) is 0 Å². The topological polar surface area (TPSA) is 108 Å². The van der Waals surface area contributed by atoms with Crippen LogP contribution < -0.4 is 10.2 Å². The smallest absolute Gasteiger partial charge is 0.268 e. The summed E-state index contributed by atoms with van der Waals surface area (Å²) >= 11 is 0. The van der Waals surface area contributed by atoms with Crippen molar-refractivity contribution < 1.29 is 32.9 Å². The largest absolute Gasteiger partial charge is 0.756 e. The van der Waals surface area contributed by atoms with Crippen LogP contribution in [0.1, 0.15) is 117 Å². The van der Waals surface area contributed by atoms with Gasteiger partial charge in [-0.1, -0.05) is 132 Å². The molecule has 0 fully saturated rings. The number of aliphatic hydroxyl groups is 1. The molecule has 9 heteroatoms. The standard InChI is InChI=1S/C39H69N2O6P/c1-6-8-10-12-14-15-16-17-18-19-20-21-22-23-24-25-27-29-31-33-39(43)40-37(38(42)32-30-28-26-13-11-9-7-2)36-47-48(44,45)46-35-34-41(3,4)5/h8,10,14-15,17-18,20-21,23-24,27,29,37-38,42H,6-7,9,11-13,16,19,22,25-26,28,30-36H2,1-5H3,(H-,40,43,44,45)/b10-8-,15-14-,18-17-,21-20-,24-23-,29-27-. The maximum atomic E-state index is 12.7. The molecule has 0 aromatic rings. The van der Waals surface area contributed by atoms with Gasteiger partial charge in [0, 0.05) is 6.42 Å². The first-order valence-corrected chi connectivity index (χ1v) is 19.7. The van der Waals surface area contributed by atoms with Gasteiger partial charge in [-0.2, -0.15) is 0 Å². The number of phosphoric acid groups is 1. The van der Waals surface area contributed by atoms with Crippen molar-refractivity contribution in [2.45, 2.75) is 129 Å². The molecule has 0 aromatic heterocycles. The molecule has 3 unspecified atom stereocenters. The zero-order valence-corrected chi connectivity index (χ0v) is 31.8. The molecule has 1 amide bonds. The molecule has 276 valence electrons. The summed E-state index contributed by atoms with van der Waals surface area (Å²) in [6.07, 6.45) is 39.4. The number of unbranched alkanes of at least 4 members (excludes halogenated alkanes) is 6. The number of allylic oxidation sites excluding steroid dienone is 12. The Bertz CT molecular complexity index is 1010. The van der Waals surface area contributed by atoms with E-state index in [4.69, 9.17) is 9.05 Å². The maximum Gasteiger partial charge on any atom is 0.268 e. The van der Waals surface area contributed by atoms with Crippen LogP contribution in [0, 0.1) is 0 Å². The van der Waals surface area contributed by atoms with Crippen molar-refractivity contribution in [1.82, 2.24) is 5.32 Å². The Morgan fingerprint density at radius 1 is 0.750 bits per heavy atom. The molecule has 0 aromatic carbocycles. The third kappa shape index (κ3) is 32.5. The summed E-state index contributed by atoms with van der Waals surface area (Å²) in [5, 5.41) is 13.6. The average molecular weight is 693 g/mol. The molecule has 0 aliphatic carbocycles. The van der Waals surface area contributed by atoms with Crippen LogP contribution in [0.25, 0.3) is 0 Å². The van der Waals surface area contributed by atoms with Crippen molar-refractivity contribution in [3.8, 4) is 0 Å². The second-order valence-corrected chi connectivity index (χ2v) is 14.6. The Labute approximate surface area is 294 Å². The minimum absolute atomic E-state index is 0.00611. The van der Waals surface area contributed by atoms with Gasteiger partial charge in [0.05, 0.1) is 39.9 Å². The highest BCUT2D eigenvalue weighted by Gasteiger charge is 2.24. The third-order valence-corrected chi connectivity index (χ3v) is 8.44. The molecule has 8 nitrogen and oxygen atoms in total. The lowest BCUT2D eigenvalue weighted by Crippen LogP contribution is -2.46. The van der Waals surface area contributed by atoms with Gasteiger partial charge in [0.2, 0.25) is 5.91 Å². The van der Waals surface area contributed by atoms with E-state index >= 15 is 0 Å². The predicted molar refractivity (Wildman–Crippen MR) is 200 cm³/mol. The van der Waals surface area contributed by atoms with Crippen LogP contribution in [0.5, 0.6) is 0 Å². The molecule has 0 rings (SSSR count). The molecule has 0 aliphatic rings. The number of hydrogen-bond acceptors (Lipinski definition) is 6. The molecule has 3 atom stereocenters. The van der Waals surface area contributed by atoms with Crippen molar-refractivity contribution >= 4 is 13.7 Å². The van der Waals surface area contributed by atoms with E-state index in [9.17, 15) is 19.4 Å². The van der Waals surface area contributed by atoms with Crippen molar-refractivity contribution in [1.29, 1.82) is 0 Å². The molecular weight excluding hydrogens is 623 g/mol. The predicted octanol–water partition coefficient (Wildman–Crippen LogP) is 8.66. The fourth-order valence-electron chi connectivity index (χ4n) is 4.53. The number of hydrogen-bond donors (Lipinski definition) is 2. The van der Waals surface area contributed by atoms with E-state index in [-0.39, 0.29) is 25.5 Å². The molecular formula is C39H69N2O6P. The highest BCUT2D eigenvalue weighted by molar-refractivity contribution is 7.45. The van der Waals surface area contributed by atoms with Gasteiger partial charge in [-0.25, -0.2) is 0 Å². The summed E-state index contributed by atoms with van der Waals surface area (Å²) in [5.41, 5.74) is 0.